The number of nitrogens with zero attached hydrogens (tertiary/aromatic N) is 2. The maximum atomic E-state index is 6.23. The molecule has 1 aliphatic heterocycles. The van der Waals surface area contributed by atoms with Gasteiger partial charge < -0.3 is 10.6 Å². The molecule has 0 saturated carbocycles. The van der Waals surface area contributed by atoms with E-state index < -0.39 is 0 Å². The fourth-order valence-electron chi connectivity index (χ4n) is 2.74. The summed E-state index contributed by atoms with van der Waals surface area (Å²) in [6, 6.07) is 8.13. The molecule has 0 radical (unpaired) electrons. The summed E-state index contributed by atoms with van der Waals surface area (Å²) in [5.41, 5.74) is 1.23. The molecule has 2 rings (SSSR count). The molecule has 0 aliphatic carbocycles. The first-order valence-corrected chi connectivity index (χ1v) is 7.95. The summed E-state index contributed by atoms with van der Waals surface area (Å²) in [6.07, 6.45) is 2.44. The van der Waals surface area contributed by atoms with E-state index in [0.717, 1.165) is 43.1 Å². The molecule has 1 aliphatic rings. The van der Waals surface area contributed by atoms with Crippen molar-refractivity contribution in [2.75, 3.05) is 33.7 Å². The Morgan fingerprint density at radius 1 is 1.32 bits per heavy atom. The van der Waals surface area contributed by atoms with Crippen LogP contribution in [0.2, 0.25) is 5.02 Å². The highest BCUT2D eigenvalue weighted by Crippen LogP contribution is 2.21. The molecular formula is C16H26ClIN4. The largest absolute Gasteiger partial charge is 0.359 e. The minimum Gasteiger partial charge on any atom is -0.359 e. The normalized spacial score (nSPS) is 17.0. The van der Waals surface area contributed by atoms with Crippen LogP contribution in [0.1, 0.15) is 18.4 Å². The fourth-order valence-corrected chi connectivity index (χ4v) is 2.93. The molecule has 6 heteroatoms. The topological polar surface area (TPSA) is 39.7 Å². The molecule has 0 spiro atoms. The van der Waals surface area contributed by atoms with E-state index in [4.69, 9.17) is 11.6 Å². The van der Waals surface area contributed by atoms with E-state index >= 15 is 0 Å². The zero-order valence-corrected chi connectivity index (χ0v) is 16.4. The second-order valence-corrected chi connectivity index (χ2v) is 5.92. The summed E-state index contributed by atoms with van der Waals surface area (Å²) in [5, 5.41) is 7.29. The predicted octanol–water partition coefficient (Wildman–Crippen LogP) is 2.96. The number of guanidine groups is 1. The van der Waals surface area contributed by atoms with Crippen molar-refractivity contribution >= 4 is 41.5 Å². The van der Waals surface area contributed by atoms with Crippen LogP contribution in [0.5, 0.6) is 0 Å². The number of nitrogens with one attached hydrogen (secondary N) is 2. The molecule has 2 N–H and O–H groups in total. The zero-order valence-electron chi connectivity index (χ0n) is 13.3. The van der Waals surface area contributed by atoms with Gasteiger partial charge in [0.1, 0.15) is 0 Å². The van der Waals surface area contributed by atoms with Crippen LogP contribution >= 0.6 is 35.6 Å². The number of benzene rings is 1. The number of aliphatic imine (C=N–C) groups is 1. The lowest BCUT2D eigenvalue weighted by molar-refractivity contribution is 0.178. The van der Waals surface area contributed by atoms with Gasteiger partial charge in [-0.3, -0.25) is 9.89 Å². The van der Waals surface area contributed by atoms with Crippen molar-refractivity contribution in [3.05, 3.63) is 34.9 Å². The van der Waals surface area contributed by atoms with E-state index in [2.05, 4.69) is 32.7 Å². The van der Waals surface area contributed by atoms with Crippen LogP contribution in [-0.2, 0) is 6.54 Å². The lowest BCUT2D eigenvalue weighted by Gasteiger charge is -2.32. The SMILES string of the molecule is CN=C(NC)NCC1CCN(Cc2ccccc2Cl)CC1.I. The molecular weight excluding hydrogens is 411 g/mol. The van der Waals surface area contributed by atoms with Crippen molar-refractivity contribution in [1.29, 1.82) is 0 Å². The Balaban J connectivity index is 0.00000242. The van der Waals surface area contributed by atoms with Crippen LogP contribution in [0, 0.1) is 5.92 Å². The summed E-state index contributed by atoms with van der Waals surface area (Å²) in [7, 11) is 3.69. The molecule has 22 heavy (non-hydrogen) atoms. The molecule has 4 nitrogen and oxygen atoms in total. The van der Waals surface area contributed by atoms with E-state index in [1.165, 1.54) is 18.4 Å². The summed E-state index contributed by atoms with van der Waals surface area (Å²) < 4.78 is 0. The molecule has 1 aromatic carbocycles. The van der Waals surface area contributed by atoms with Gasteiger partial charge in [0.25, 0.3) is 0 Å². The molecule has 1 aromatic rings. The van der Waals surface area contributed by atoms with Crippen LogP contribution in [-0.4, -0.2) is 44.6 Å². The van der Waals surface area contributed by atoms with Gasteiger partial charge in [-0.05, 0) is 43.5 Å². The van der Waals surface area contributed by atoms with Crippen molar-refractivity contribution in [2.24, 2.45) is 10.9 Å². The van der Waals surface area contributed by atoms with E-state index in [-0.39, 0.29) is 24.0 Å². The molecule has 1 heterocycles. The van der Waals surface area contributed by atoms with E-state index in [9.17, 15) is 0 Å². The third-order valence-electron chi connectivity index (χ3n) is 4.08. The van der Waals surface area contributed by atoms with Crippen LogP contribution < -0.4 is 10.6 Å². The number of hydrogen-bond acceptors (Lipinski definition) is 2. The highest BCUT2D eigenvalue weighted by molar-refractivity contribution is 14.0. The van der Waals surface area contributed by atoms with Gasteiger partial charge in [-0.15, -0.1) is 24.0 Å². The monoisotopic (exact) mass is 436 g/mol. The number of hydrogen-bond donors (Lipinski definition) is 2. The maximum absolute atomic E-state index is 6.23. The Labute approximate surface area is 155 Å². The Morgan fingerprint density at radius 3 is 2.59 bits per heavy atom. The zero-order chi connectivity index (χ0) is 15.1. The van der Waals surface area contributed by atoms with Gasteiger partial charge >= 0.3 is 0 Å². The molecule has 0 unspecified atom stereocenters. The van der Waals surface area contributed by atoms with Crippen molar-refractivity contribution in [1.82, 2.24) is 15.5 Å². The van der Waals surface area contributed by atoms with Gasteiger partial charge in [0.2, 0.25) is 0 Å². The van der Waals surface area contributed by atoms with Crippen LogP contribution in [0.25, 0.3) is 0 Å². The number of rotatable bonds is 4. The average Bonchev–Trinajstić information content (AvgIpc) is 2.52. The van der Waals surface area contributed by atoms with Gasteiger partial charge in [-0.25, -0.2) is 0 Å². The van der Waals surface area contributed by atoms with Gasteiger partial charge in [-0.1, -0.05) is 29.8 Å². The lowest BCUT2D eigenvalue weighted by Crippen LogP contribution is -2.41. The average molecular weight is 437 g/mol. The van der Waals surface area contributed by atoms with Crippen molar-refractivity contribution in [3.63, 3.8) is 0 Å². The standard InChI is InChI=1S/C16H25ClN4.HI/c1-18-16(19-2)20-11-13-7-9-21(10-8-13)12-14-5-3-4-6-15(14)17;/h3-6,13H,7-12H2,1-2H3,(H2,18,19,20);1H. The number of piperidine rings is 1. The first-order valence-electron chi connectivity index (χ1n) is 7.57. The smallest absolute Gasteiger partial charge is 0.190 e. The highest BCUT2D eigenvalue weighted by Gasteiger charge is 2.19. The number of halogens is 2. The summed E-state index contributed by atoms with van der Waals surface area (Å²) in [5.74, 6) is 1.59. The number of likely N-dealkylation sites (tertiary alicyclic amines) is 1. The summed E-state index contributed by atoms with van der Waals surface area (Å²) >= 11 is 6.23. The minimum atomic E-state index is 0. The van der Waals surface area contributed by atoms with Gasteiger partial charge in [0.05, 0.1) is 0 Å². The predicted molar refractivity (Wildman–Crippen MR) is 105 cm³/mol. The summed E-state index contributed by atoms with van der Waals surface area (Å²) in [4.78, 5) is 6.63. The summed E-state index contributed by atoms with van der Waals surface area (Å²) in [6.45, 7) is 4.22. The highest BCUT2D eigenvalue weighted by atomic mass is 127. The molecule has 0 bridgehead atoms. The van der Waals surface area contributed by atoms with Crippen LogP contribution in [0.15, 0.2) is 29.3 Å². The van der Waals surface area contributed by atoms with Gasteiger partial charge in [0.15, 0.2) is 5.96 Å². The van der Waals surface area contributed by atoms with Crippen molar-refractivity contribution in [2.45, 2.75) is 19.4 Å². The van der Waals surface area contributed by atoms with Gasteiger partial charge in [0, 0.05) is 32.2 Å². The third-order valence-corrected chi connectivity index (χ3v) is 4.45. The molecule has 1 fully saturated rings. The molecule has 1 saturated heterocycles. The first kappa shape index (κ1) is 19.5. The molecule has 0 aromatic heterocycles. The Morgan fingerprint density at radius 2 is 2.00 bits per heavy atom. The maximum Gasteiger partial charge on any atom is 0.190 e. The first-order chi connectivity index (χ1) is 10.2. The second kappa shape index (κ2) is 10.3. The van der Waals surface area contributed by atoms with Crippen molar-refractivity contribution < 1.29 is 0 Å². The van der Waals surface area contributed by atoms with Crippen LogP contribution in [0.3, 0.4) is 0 Å². The minimum absolute atomic E-state index is 0. The lowest BCUT2D eigenvalue weighted by atomic mass is 9.96. The van der Waals surface area contributed by atoms with E-state index in [1.807, 2.05) is 19.2 Å². The Bertz CT molecular complexity index is 473. The van der Waals surface area contributed by atoms with Crippen molar-refractivity contribution in [3.8, 4) is 0 Å². The Hall–Kier alpha value is -0.530. The fraction of sp³-hybridized carbons (Fsp3) is 0.562. The Kier molecular flexibility index (Phi) is 9.12. The van der Waals surface area contributed by atoms with E-state index in [1.54, 1.807) is 7.05 Å². The quantitative estimate of drug-likeness (QED) is 0.433. The molecule has 0 atom stereocenters. The van der Waals surface area contributed by atoms with E-state index in [0.29, 0.717) is 0 Å². The second-order valence-electron chi connectivity index (χ2n) is 5.51. The molecule has 0 amide bonds. The van der Waals surface area contributed by atoms with Crippen LogP contribution in [0.4, 0.5) is 0 Å². The van der Waals surface area contributed by atoms with Gasteiger partial charge in [-0.2, -0.15) is 0 Å². The third kappa shape index (κ3) is 5.93. The molecule has 124 valence electrons.